The third-order valence-electron chi connectivity index (χ3n) is 5.21. The van der Waals surface area contributed by atoms with E-state index in [9.17, 15) is 14.4 Å². The van der Waals surface area contributed by atoms with E-state index in [-0.39, 0.29) is 24.2 Å². The van der Waals surface area contributed by atoms with E-state index in [0.717, 1.165) is 19.3 Å². The monoisotopic (exact) mass is 378 g/mol. The number of aromatic amines is 1. The Hall–Kier alpha value is -2.31. The highest BCUT2D eigenvalue weighted by Crippen LogP contribution is 2.24. The zero-order valence-electron chi connectivity index (χ0n) is 16.8. The minimum Gasteiger partial charge on any atom is -0.462 e. The Bertz CT molecular complexity index is 709. The van der Waals surface area contributed by atoms with Crippen LogP contribution in [0.4, 0.5) is 0 Å². The van der Waals surface area contributed by atoms with Crippen molar-refractivity contribution < 1.29 is 23.9 Å². The molecule has 1 aliphatic carbocycles. The molecule has 0 spiro atoms. The molecule has 1 aromatic heterocycles. The molecule has 0 saturated heterocycles. The maximum absolute atomic E-state index is 12.5. The fourth-order valence-corrected chi connectivity index (χ4v) is 3.57. The first-order chi connectivity index (χ1) is 12.8. The molecule has 2 rings (SSSR count). The fourth-order valence-electron chi connectivity index (χ4n) is 3.57. The molecule has 3 atom stereocenters. The molecule has 7 nitrogen and oxygen atoms in total. The minimum atomic E-state index is -0.916. The van der Waals surface area contributed by atoms with Crippen LogP contribution in [-0.4, -0.2) is 41.6 Å². The molecule has 1 heterocycles. The van der Waals surface area contributed by atoms with Crippen LogP contribution in [0.1, 0.15) is 78.6 Å². The average molecular weight is 378 g/mol. The lowest BCUT2D eigenvalue weighted by Crippen LogP contribution is -2.46. The van der Waals surface area contributed by atoms with E-state index in [2.05, 4.69) is 17.2 Å². The smallest absolute Gasteiger partial charge is 0.355 e. The molecular weight excluding hydrogens is 348 g/mol. The van der Waals surface area contributed by atoms with Crippen molar-refractivity contribution in [2.75, 3.05) is 6.61 Å². The van der Waals surface area contributed by atoms with E-state index in [1.54, 1.807) is 27.7 Å². The standard InChI is InChI=1S/C20H30N2O5/c1-6-26-19(24)16-12(3)17(21-13(16)4)20(25)27-14(5)18(23)22-15-10-8-7-9-11(15)2/h11,14-15,21H,6-10H2,1-5H3,(H,22,23)/t11-,14-,15+/m1/s1. The summed E-state index contributed by atoms with van der Waals surface area (Å²) in [6.07, 6.45) is 3.41. The van der Waals surface area contributed by atoms with Crippen LogP contribution < -0.4 is 5.32 Å². The first-order valence-corrected chi connectivity index (χ1v) is 9.63. The molecule has 0 unspecified atom stereocenters. The molecule has 0 aromatic carbocycles. The van der Waals surface area contributed by atoms with E-state index in [1.807, 2.05) is 0 Å². The van der Waals surface area contributed by atoms with Crippen molar-refractivity contribution in [1.29, 1.82) is 0 Å². The fraction of sp³-hybridized carbons (Fsp3) is 0.650. The summed E-state index contributed by atoms with van der Waals surface area (Å²) in [7, 11) is 0. The number of hydrogen-bond acceptors (Lipinski definition) is 5. The van der Waals surface area contributed by atoms with Gasteiger partial charge in [0.2, 0.25) is 0 Å². The SMILES string of the molecule is CCOC(=O)c1c(C)[nH]c(C(=O)O[C@H](C)C(=O)N[C@H]2CCCC[C@H]2C)c1C. The van der Waals surface area contributed by atoms with Crippen LogP contribution in [-0.2, 0) is 14.3 Å². The van der Waals surface area contributed by atoms with E-state index < -0.39 is 18.0 Å². The van der Waals surface area contributed by atoms with Gasteiger partial charge in [0.05, 0.1) is 12.2 Å². The zero-order chi connectivity index (χ0) is 20.1. The van der Waals surface area contributed by atoms with Crippen molar-refractivity contribution in [3.05, 3.63) is 22.5 Å². The second kappa shape index (κ2) is 9.06. The zero-order valence-corrected chi connectivity index (χ0v) is 16.8. The van der Waals surface area contributed by atoms with Crippen LogP contribution in [0.25, 0.3) is 0 Å². The Morgan fingerprint density at radius 1 is 1.19 bits per heavy atom. The molecule has 1 amide bonds. The Morgan fingerprint density at radius 2 is 1.85 bits per heavy atom. The predicted octanol–water partition coefficient (Wildman–Crippen LogP) is 3.05. The van der Waals surface area contributed by atoms with Crippen molar-refractivity contribution in [2.45, 2.75) is 72.4 Å². The number of nitrogens with one attached hydrogen (secondary N) is 2. The summed E-state index contributed by atoms with van der Waals surface area (Å²) in [5.74, 6) is -1.02. The molecule has 1 fully saturated rings. The van der Waals surface area contributed by atoms with Crippen LogP contribution in [0, 0.1) is 19.8 Å². The van der Waals surface area contributed by atoms with Crippen molar-refractivity contribution in [3.8, 4) is 0 Å². The Balaban J connectivity index is 2.02. The maximum Gasteiger partial charge on any atom is 0.355 e. The molecule has 1 aromatic rings. The lowest BCUT2D eigenvalue weighted by Gasteiger charge is -2.30. The third kappa shape index (κ3) is 4.90. The van der Waals surface area contributed by atoms with Crippen molar-refractivity contribution in [2.24, 2.45) is 5.92 Å². The first-order valence-electron chi connectivity index (χ1n) is 9.63. The van der Waals surface area contributed by atoms with Gasteiger partial charge in [-0.15, -0.1) is 0 Å². The van der Waals surface area contributed by atoms with Crippen LogP contribution in [0.5, 0.6) is 0 Å². The maximum atomic E-state index is 12.5. The van der Waals surface area contributed by atoms with Crippen LogP contribution in [0.15, 0.2) is 0 Å². The second-order valence-electron chi connectivity index (χ2n) is 7.27. The second-order valence-corrected chi connectivity index (χ2v) is 7.27. The lowest BCUT2D eigenvalue weighted by molar-refractivity contribution is -0.130. The summed E-state index contributed by atoms with van der Waals surface area (Å²) >= 11 is 0. The highest BCUT2D eigenvalue weighted by atomic mass is 16.5. The Morgan fingerprint density at radius 3 is 2.48 bits per heavy atom. The summed E-state index contributed by atoms with van der Waals surface area (Å²) in [4.78, 5) is 39.8. The number of carbonyl (C=O) groups excluding carboxylic acids is 3. The van der Waals surface area contributed by atoms with Crippen LogP contribution in [0.2, 0.25) is 0 Å². The van der Waals surface area contributed by atoms with Gasteiger partial charge < -0.3 is 19.8 Å². The summed E-state index contributed by atoms with van der Waals surface area (Å²) < 4.78 is 10.4. The third-order valence-corrected chi connectivity index (χ3v) is 5.21. The van der Waals surface area contributed by atoms with Crippen molar-refractivity contribution in [3.63, 3.8) is 0 Å². The van der Waals surface area contributed by atoms with E-state index in [4.69, 9.17) is 9.47 Å². The summed E-state index contributed by atoms with van der Waals surface area (Å²) in [6, 6.07) is 0.122. The van der Waals surface area contributed by atoms with Gasteiger partial charge >= 0.3 is 11.9 Å². The van der Waals surface area contributed by atoms with Crippen LogP contribution >= 0.6 is 0 Å². The number of esters is 2. The largest absolute Gasteiger partial charge is 0.462 e. The minimum absolute atomic E-state index is 0.122. The van der Waals surface area contributed by atoms with Gasteiger partial charge in [-0.05, 0) is 52.0 Å². The molecule has 2 N–H and O–H groups in total. The summed E-state index contributed by atoms with van der Waals surface area (Å²) in [6.45, 7) is 9.00. The van der Waals surface area contributed by atoms with Crippen molar-refractivity contribution in [1.82, 2.24) is 10.3 Å². The molecule has 150 valence electrons. The highest BCUT2D eigenvalue weighted by molar-refractivity contribution is 5.99. The van der Waals surface area contributed by atoms with Gasteiger partial charge in [-0.25, -0.2) is 9.59 Å². The Labute approximate surface area is 160 Å². The highest BCUT2D eigenvalue weighted by Gasteiger charge is 2.29. The molecule has 0 radical (unpaired) electrons. The molecule has 0 aliphatic heterocycles. The topological polar surface area (TPSA) is 97.5 Å². The molecule has 1 saturated carbocycles. The normalized spacial score (nSPS) is 20.6. The molecule has 27 heavy (non-hydrogen) atoms. The lowest BCUT2D eigenvalue weighted by atomic mass is 9.86. The molecule has 7 heteroatoms. The van der Waals surface area contributed by atoms with Gasteiger partial charge in [-0.1, -0.05) is 19.8 Å². The van der Waals surface area contributed by atoms with Crippen LogP contribution in [0.3, 0.4) is 0 Å². The number of amides is 1. The quantitative estimate of drug-likeness (QED) is 0.742. The van der Waals surface area contributed by atoms with E-state index in [1.165, 1.54) is 6.42 Å². The first kappa shape index (κ1) is 21.0. The van der Waals surface area contributed by atoms with E-state index in [0.29, 0.717) is 22.7 Å². The number of aryl methyl sites for hydroxylation is 1. The number of rotatable bonds is 6. The average Bonchev–Trinajstić information content (AvgIpc) is 2.91. The number of carbonyl (C=O) groups is 3. The van der Waals surface area contributed by atoms with E-state index >= 15 is 0 Å². The van der Waals surface area contributed by atoms with Gasteiger partial charge in [-0.3, -0.25) is 4.79 Å². The summed E-state index contributed by atoms with van der Waals surface area (Å²) in [5, 5.41) is 2.99. The number of ether oxygens (including phenoxy) is 2. The molecule has 0 bridgehead atoms. The van der Waals surface area contributed by atoms with Gasteiger partial charge in [0, 0.05) is 11.7 Å². The Kier molecular flexibility index (Phi) is 7.05. The van der Waals surface area contributed by atoms with Gasteiger partial charge in [-0.2, -0.15) is 0 Å². The number of H-pyrrole nitrogens is 1. The number of hydrogen-bond donors (Lipinski definition) is 2. The number of aromatic nitrogens is 1. The predicted molar refractivity (Wildman–Crippen MR) is 101 cm³/mol. The molecular formula is C20H30N2O5. The van der Waals surface area contributed by atoms with Gasteiger partial charge in [0.15, 0.2) is 6.10 Å². The summed E-state index contributed by atoms with van der Waals surface area (Å²) in [5.41, 5.74) is 1.49. The molecule has 1 aliphatic rings. The van der Waals surface area contributed by atoms with Gasteiger partial charge in [0.1, 0.15) is 5.69 Å². The van der Waals surface area contributed by atoms with Crippen molar-refractivity contribution >= 4 is 17.8 Å². The van der Waals surface area contributed by atoms with Gasteiger partial charge in [0.25, 0.3) is 5.91 Å².